The highest BCUT2D eigenvalue weighted by Crippen LogP contribution is 2.21. The molecule has 0 aromatic carbocycles. The predicted octanol–water partition coefficient (Wildman–Crippen LogP) is 2.24. The lowest BCUT2D eigenvalue weighted by atomic mass is 9.95. The Morgan fingerprint density at radius 1 is 0.964 bits per heavy atom. The highest BCUT2D eigenvalue weighted by atomic mass is 32.2. The van der Waals surface area contributed by atoms with Crippen LogP contribution < -0.4 is 5.32 Å². The van der Waals surface area contributed by atoms with E-state index >= 15 is 0 Å². The van der Waals surface area contributed by atoms with Crippen molar-refractivity contribution in [2.75, 3.05) is 45.5 Å². The van der Waals surface area contributed by atoms with Gasteiger partial charge in [0.2, 0.25) is 10.0 Å². The zero-order chi connectivity index (χ0) is 20.0. The van der Waals surface area contributed by atoms with Crippen molar-refractivity contribution in [3.63, 3.8) is 0 Å². The molecule has 3 rings (SSSR count). The van der Waals surface area contributed by atoms with Crippen LogP contribution in [0.5, 0.6) is 0 Å². The minimum Gasteiger partial charge on any atom is -0.335 e. The Labute approximate surface area is 170 Å². The number of sulfonamides is 1. The van der Waals surface area contributed by atoms with E-state index in [0.717, 1.165) is 51.9 Å². The van der Waals surface area contributed by atoms with Crippen molar-refractivity contribution < 1.29 is 13.2 Å². The smallest absolute Gasteiger partial charge is 0.317 e. The van der Waals surface area contributed by atoms with Gasteiger partial charge < -0.3 is 15.1 Å². The number of hydrogen-bond donors (Lipinski definition) is 1. The molecule has 8 heteroatoms. The second-order valence-electron chi connectivity index (χ2n) is 8.80. The van der Waals surface area contributed by atoms with E-state index in [1.54, 1.807) is 4.31 Å². The summed E-state index contributed by atoms with van der Waals surface area (Å²) in [6.07, 6.45) is 12.5. The Hall–Kier alpha value is -0.860. The highest BCUT2D eigenvalue weighted by Gasteiger charge is 2.33. The molecule has 7 nitrogen and oxygen atoms in total. The average molecular weight is 415 g/mol. The van der Waals surface area contributed by atoms with Gasteiger partial charge in [0.05, 0.1) is 6.26 Å². The molecule has 0 bridgehead atoms. The Kier molecular flexibility index (Phi) is 8.00. The van der Waals surface area contributed by atoms with Gasteiger partial charge in [-0.25, -0.2) is 13.2 Å². The monoisotopic (exact) mass is 414 g/mol. The molecule has 2 heterocycles. The Morgan fingerprint density at radius 2 is 1.64 bits per heavy atom. The zero-order valence-corrected chi connectivity index (χ0v) is 18.3. The number of carbonyl (C=O) groups is 1. The quantitative estimate of drug-likeness (QED) is 0.723. The third-order valence-electron chi connectivity index (χ3n) is 6.54. The fourth-order valence-electron chi connectivity index (χ4n) is 4.93. The summed E-state index contributed by atoms with van der Waals surface area (Å²) in [5, 5.41) is 3.18. The van der Waals surface area contributed by atoms with Crippen LogP contribution in [0.2, 0.25) is 0 Å². The number of hydrogen-bond acceptors (Lipinski definition) is 4. The Bertz CT molecular complexity index is 601. The second kappa shape index (κ2) is 10.3. The van der Waals surface area contributed by atoms with Crippen molar-refractivity contribution in [1.29, 1.82) is 0 Å². The summed E-state index contributed by atoms with van der Waals surface area (Å²) in [6, 6.07) is 0.165. The molecule has 28 heavy (non-hydrogen) atoms. The van der Waals surface area contributed by atoms with Crippen molar-refractivity contribution in [3.8, 4) is 0 Å². The van der Waals surface area contributed by atoms with Gasteiger partial charge in [-0.3, -0.25) is 0 Å². The molecule has 3 aliphatic rings. The van der Waals surface area contributed by atoms with Crippen LogP contribution in [0.4, 0.5) is 4.79 Å². The van der Waals surface area contributed by atoms with E-state index in [9.17, 15) is 13.2 Å². The molecule has 0 aromatic heterocycles. The van der Waals surface area contributed by atoms with Crippen LogP contribution in [-0.4, -0.2) is 86.2 Å². The van der Waals surface area contributed by atoms with Gasteiger partial charge >= 0.3 is 6.03 Å². The average Bonchev–Trinajstić information content (AvgIpc) is 2.69. The molecule has 1 N–H and O–H groups in total. The predicted molar refractivity (Wildman–Crippen MR) is 112 cm³/mol. The van der Waals surface area contributed by atoms with Crippen molar-refractivity contribution in [2.24, 2.45) is 0 Å². The minimum absolute atomic E-state index is 0.0129. The number of amides is 2. The summed E-state index contributed by atoms with van der Waals surface area (Å²) in [7, 11) is -3.29. The molecular formula is C20H38N4O3S. The van der Waals surface area contributed by atoms with Crippen molar-refractivity contribution in [2.45, 2.75) is 76.3 Å². The molecule has 162 valence electrons. The van der Waals surface area contributed by atoms with E-state index in [-0.39, 0.29) is 18.1 Å². The maximum atomic E-state index is 12.7. The number of carbonyl (C=O) groups excluding carboxylic acids is 1. The van der Waals surface area contributed by atoms with Crippen molar-refractivity contribution in [1.82, 2.24) is 19.4 Å². The lowest BCUT2D eigenvalue weighted by molar-refractivity contribution is 0.136. The molecule has 1 saturated carbocycles. The summed E-state index contributed by atoms with van der Waals surface area (Å²) >= 11 is 0. The molecule has 1 unspecified atom stereocenters. The maximum Gasteiger partial charge on any atom is 0.317 e. The van der Waals surface area contributed by atoms with E-state index in [4.69, 9.17) is 0 Å². The summed E-state index contributed by atoms with van der Waals surface area (Å²) in [4.78, 5) is 16.9. The van der Waals surface area contributed by atoms with Crippen molar-refractivity contribution >= 4 is 16.1 Å². The fourth-order valence-corrected chi connectivity index (χ4v) is 6.06. The molecule has 0 aromatic rings. The molecule has 2 amide bonds. The van der Waals surface area contributed by atoms with E-state index in [1.807, 2.05) is 4.90 Å². The molecule has 0 spiro atoms. The number of nitrogens with zero attached hydrogens (tertiary/aromatic N) is 3. The number of nitrogens with one attached hydrogen (secondary N) is 1. The van der Waals surface area contributed by atoms with Crippen LogP contribution in [0, 0.1) is 0 Å². The van der Waals surface area contributed by atoms with Gasteiger partial charge in [-0.05, 0) is 51.6 Å². The normalized spacial score (nSPS) is 25.8. The highest BCUT2D eigenvalue weighted by molar-refractivity contribution is 7.88. The molecule has 0 radical (unpaired) electrons. The molecule has 2 saturated heterocycles. The van der Waals surface area contributed by atoms with E-state index in [2.05, 4.69) is 10.2 Å². The van der Waals surface area contributed by atoms with Gasteiger partial charge in [0.1, 0.15) is 0 Å². The van der Waals surface area contributed by atoms with Crippen LogP contribution >= 0.6 is 0 Å². The lowest BCUT2D eigenvalue weighted by Gasteiger charge is -2.39. The SMILES string of the molecule is CS(=O)(=O)N(CCN1CCCCC1)C1CCCN(C(=O)NC2CCCCC2)C1. The lowest BCUT2D eigenvalue weighted by Crippen LogP contribution is -2.55. The first kappa shape index (κ1) is 21.8. The third kappa shape index (κ3) is 6.32. The van der Waals surface area contributed by atoms with E-state index in [1.165, 1.54) is 44.8 Å². The van der Waals surface area contributed by atoms with Gasteiger partial charge in [0.25, 0.3) is 0 Å². The summed E-state index contributed by atoms with van der Waals surface area (Å²) < 4.78 is 26.6. The molecule has 3 fully saturated rings. The molecule has 1 atom stereocenters. The third-order valence-corrected chi connectivity index (χ3v) is 7.87. The molecule has 2 aliphatic heterocycles. The van der Waals surface area contributed by atoms with E-state index in [0.29, 0.717) is 13.1 Å². The van der Waals surface area contributed by atoms with Gasteiger partial charge in [-0.2, -0.15) is 4.31 Å². The zero-order valence-electron chi connectivity index (χ0n) is 17.4. The van der Waals surface area contributed by atoms with Gasteiger partial charge in [-0.15, -0.1) is 0 Å². The van der Waals surface area contributed by atoms with Crippen LogP contribution in [-0.2, 0) is 10.0 Å². The minimum atomic E-state index is -3.29. The van der Waals surface area contributed by atoms with Crippen LogP contribution in [0.25, 0.3) is 0 Å². The summed E-state index contributed by atoms with van der Waals surface area (Å²) in [5.41, 5.74) is 0. The summed E-state index contributed by atoms with van der Waals surface area (Å²) in [5.74, 6) is 0. The first-order valence-corrected chi connectivity index (χ1v) is 13.0. The first-order valence-electron chi connectivity index (χ1n) is 11.2. The first-order chi connectivity index (χ1) is 13.4. The molecule has 1 aliphatic carbocycles. The van der Waals surface area contributed by atoms with Gasteiger partial charge in [0, 0.05) is 38.3 Å². The van der Waals surface area contributed by atoms with E-state index < -0.39 is 10.0 Å². The number of likely N-dealkylation sites (tertiary alicyclic amines) is 2. The van der Waals surface area contributed by atoms with Crippen LogP contribution in [0.1, 0.15) is 64.2 Å². The number of rotatable bonds is 6. The topological polar surface area (TPSA) is 73.0 Å². The van der Waals surface area contributed by atoms with Gasteiger partial charge in [0.15, 0.2) is 0 Å². The Balaban J connectivity index is 1.56. The number of piperidine rings is 2. The maximum absolute atomic E-state index is 12.7. The van der Waals surface area contributed by atoms with Gasteiger partial charge in [-0.1, -0.05) is 25.7 Å². The standard InChI is InChI=1S/C20H38N4O3S/c1-28(26,27)24(16-15-22-12-6-3-7-13-22)19-11-8-14-23(17-19)20(25)21-18-9-4-2-5-10-18/h18-19H,2-17H2,1H3,(H,21,25). The number of urea groups is 1. The van der Waals surface area contributed by atoms with Crippen molar-refractivity contribution in [3.05, 3.63) is 0 Å². The Morgan fingerprint density at radius 3 is 2.32 bits per heavy atom. The second-order valence-corrected chi connectivity index (χ2v) is 10.7. The van der Waals surface area contributed by atoms with Crippen LogP contribution in [0.15, 0.2) is 0 Å². The largest absolute Gasteiger partial charge is 0.335 e. The summed E-state index contributed by atoms with van der Waals surface area (Å²) in [6.45, 7) is 4.68. The van der Waals surface area contributed by atoms with Crippen LogP contribution in [0.3, 0.4) is 0 Å². The fraction of sp³-hybridized carbons (Fsp3) is 0.950. The molecular weight excluding hydrogens is 376 g/mol.